The van der Waals surface area contributed by atoms with Crippen molar-refractivity contribution in [2.75, 3.05) is 0 Å². The van der Waals surface area contributed by atoms with Crippen LogP contribution in [0.5, 0.6) is 5.75 Å². The second kappa shape index (κ2) is 9.05. The van der Waals surface area contributed by atoms with Crippen LogP contribution in [0.1, 0.15) is 64.2 Å². The summed E-state index contributed by atoms with van der Waals surface area (Å²) in [5, 5.41) is 0. The number of benzene rings is 2. The first kappa shape index (κ1) is 18.1. The summed E-state index contributed by atoms with van der Waals surface area (Å²) >= 11 is 0. The van der Waals surface area contributed by atoms with E-state index < -0.39 is 0 Å². The van der Waals surface area contributed by atoms with Gasteiger partial charge in [-0.25, -0.2) is 0 Å². The first-order valence-corrected chi connectivity index (χ1v) is 11.9. The Balaban J connectivity index is 1.61. The van der Waals surface area contributed by atoms with Gasteiger partial charge in [-0.3, -0.25) is 0 Å². The Morgan fingerprint density at radius 1 is 0.615 bits per heavy atom. The van der Waals surface area contributed by atoms with Crippen molar-refractivity contribution in [2.45, 2.75) is 75.5 Å². The van der Waals surface area contributed by atoms with E-state index in [9.17, 15) is 0 Å². The van der Waals surface area contributed by atoms with Crippen molar-refractivity contribution in [1.29, 1.82) is 0 Å². The van der Waals surface area contributed by atoms with Gasteiger partial charge in [-0.15, -0.1) is 0 Å². The van der Waals surface area contributed by atoms with Gasteiger partial charge < -0.3 is 4.52 Å². The van der Waals surface area contributed by atoms with Gasteiger partial charge in [-0.05, 0) is 37.3 Å². The number of hydrogen-bond donors (Lipinski definition) is 0. The van der Waals surface area contributed by atoms with Gasteiger partial charge in [0.15, 0.2) is 0 Å². The number of rotatable bonds is 5. The van der Waals surface area contributed by atoms with Gasteiger partial charge in [0, 0.05) is 16.9 Å². The second-order valence-corrected chi connectivity index (χ2v) is 10.3. The van der Waals surface area contributed by atoms with E-state index in [1.54, 1.807) is 0 Å². The topological polar surface area (TPSA) is 9.23 Å². The van der Waals surface area contributed by atoms with Crippen molar-refractivity contribution in [2.24, 2.45) is 0 Å². The van der Waals surface area contributed by atoms with E-state index in [0.717, 1.165) is 17.1 Å². The van der Waals surface area contributed by atoms with Crippen LogP contribution in [0, 0.1) is 0 Å². The highest BCUT2D eigenvalue weighted by molar-refractivity contribution is 7.54. The zero-order valence-electron chi connectivity index (χ0n) is 15.8. The first-order valence-electron chi connectivity index (χ1n) is 10.5. The van der Waals surface area contributed by atoms with E-state index in [2.05, 4.69) is 54.6 Å². The Hall–Kier alpha value is -1.33. The van der Waals surface area contributed by atoms with E-state index in [-0.39, 0.29) is 8.15 Å². The highest BCUT2D eigenvalue weighted by atomic mass is 31.1. The van der Waals surface area contributed by atoms with Gasteiger partial charge >= 0.3 is 0 Å². The van der Waals surface area contributed by atoms with Gasteiger partial charge in [-0.1, -0.05) is 87.1 Å². The molecule has 0 saturated heterocycles. The molecule has 2 heteroatoms. The van der Waals surface area contributed by atoms with Crippen molar-refractivity contribution in [3.8, 4) is 16.9 Å². The van der Waals surface area contributed by atoms with Crippen molar-refractivity contribution < 1.29 is 4.52 Å². The van der Waals surface area contributed by atoms with Gasteiger partial charge in [-0.2, -0.15) is 0 Å². The quantitative estimate of drug-likeness (QED) is 0.491. The van der Waals surface area contributed by atoms with Gasteiger partial charge in [0.1, 0.15) is 5.75 Å². The highest BCUT2D eigenvalue weighted by Crippen LogP contribution is 2.57. The molecule has 0 N–H and O–H groups in total. The maximum absolute atomic E-state index is 6.94. The summed E-state index contributed by atoms with van der Waals surface area (Å²) in [7, 11) is -0.380. The lowest BCUT2D eigenvalue weighted by atomic mass is 10.00. The molecule has 0 aliphatic heterocycles. The Bertz CT molecular complexity index is 654. The van der Waals surface area contributed by atoms with E-state index in [1.807, 2.05) is 0 Å². The fraction of sp³-hybridized carbons (Fsp3) is 0.500. The molecule has 0 atom stereocenters. The van der Waals surface area contributed by atoms with Crippen LogP contribution in [0.3, 0.4) is 0 Å². The van der Waals surface area contributed by atoms with Crippen LogP contribution in [0.4, 0.5) is 0 Å². The van der Waals surface area contributed by atoms with Crippen LogP contribution < -0.4 is 4.52 Å². The molecule has 0 amide bonds. The molecule has 2 aliphatic carbocycles. The summed E-state index contributed by atoms with van der Waals surface area (Å²) < 4.78 is 6.94. The summed E-state index contributed by atoms with van der Waals surface area (Å²) in [4.78, 5) is 0. The van der Waals surface area contributed by atoms with Crippen LogP contribution >= 0.6 is 8.15 Å². The van der Waals surface area contributed by atoms with E-state index >= 15 is 0 Å². The van der Waals surface area contributed by atoms with Crippen molar-refractivity contribution in [1.82, 2.24) is 0 Å². The average molecular weight is 366 g/mol. The van der Waals surface area contributed by atoms with E-state index in [0.29, 0.717) is 0 Å². The minimum Gasteiger partial charge on any atom is -0.473 e. The van der Waals surface area contributed by atoms with Crippen LogP contribution in [-0.2, 0) is 0 Å². The van der Waals surface area contributed by atoms with Crippen LogP contribution in [0.2, 0.25) is 0 Å². The molecule has 1 nitrogen and oxygen atoms in total. The highest BCUT2D eigenvalue weighted by Gasteiger charge is 2.34. The molecule has 0 bridgehead atoms. The van der Waals surface area contributed by atoms with Crippen LogP contribution in [-0.4, -0.2) is 11.3 Å². The van der Waals surface area contributed by atoms with Gasteiger partial charge in [0.2, 0.25) is 0 Å². The SMILES string of the molecule is c1ccc(-c2ccccc2OP(C2CCCCC2)C2CCCCC2)cc1. The van der Waals surface area contributed by atoms with Crippen molar-refractivity contribution >= 4 is 8.15 Å². The van der Waals surface area contributed by atoms with Crippen molar-refractivity contribution in [3.63, 3.8) is 0 Å². The Kier molecular flexibility index (Phi) is 6.28. The molecule has 2 saturated carbocycles. The third-order valence-electron chi connectivity index (χ3n) is 6.04. The van der Waals surface area contributed by atoms with Crippen LogP contribution in [0.15, 0.2) is 54.6 Å². The lowest BCUT2D eigenvalue weighted by Crippen LogP contribution is -2.23. The predicted octanol–water partition coefficient (Wildman–Crippen LogP) is 7.79. The lowest BCUT2D eigenvalue weighted by Gasteiger charge is -2.37. The minimum absolute atomic E-state index is 0.380. The smallest absolute Gasteiger partial charge is 0.131 e. The third kappa shape index (κ3) is 4.32. The molecule has 0 unspecified atom stereocenters. The minimum atomic E-state index is -0.380. The summed E-state index contributed by atoms with van der Waals surface area (Å²) in [6.45, 7) is 0. The van der Waals surface area contributed by atoms with Gasteiger partial charge in [0.25, 0.3) is 0 Å². The molecule has 0 spiro atoms. The molecule has 138 valence electrons. The first-order chi connectivity index (χ1) is 12.9. The molecular weight excluding hydrogens is 335 g/mol. The molecule has 2 aliphatic rings. The monoisotopic (exact) mass is 366 g/mol. The maximum Gasteiger partial charge on any atom is 0.131 e. The Morgan fingerprint density at radius 2 is 1.15 bits per heavy atom. The van der Waals surface area contributed by atoms with E-state index in [4.69, 9.17) is 4.52 Å². The Morgan fingerprint density at radius 3 is 1.77 bits per heavy atom. The molecule has 26 heavy (non-hydrogen) atoms. The summed E-state index contributed by atoms with van der Waals surface area (Å²) in [6.07, 6.45) is 14.0. The average Bonchev–Trinajstić information content (AvgIpc) is 2.74. The van der Waals surface area contributed by atoms with Crippen LogP contribution in [0.25, 0.3) is 11.1 Å². The maximum atomic E-state index is 6.94. The fourth-order valence-corrected chi connectivity index (χ4v) is 7.66. The largest absolute Gasteiger partial charge is 0.473 e. The summed E-state index contributed by atoms with van der Waals surface area (Å²) in [6, 6.07) is 19.4. The lowest BCUT2D eigenvalue weighted by molar-refractivity contribution is 0.450. The third-order valence-corrected chi connectivity index (χ3v) is 8.92. The molecule has 2 fully saturated rings. The second-order valence-electron chi connectivity index (χ2n) is 7.90. The van der Waals surface area contributed by atoms with Gasteiger partial charge in [0.05, 0.1) is 8.15 Å². The normalized spacial score (nSPS) is 19.6. The van der Waals surface area contributed by atoms with E-state index in [1.165, 1.54) is 75.3 Å². The number of hydrogen-bond acceptors (Lipinski definition) is 1. The molecule has 2 aromatic carbocycles. The Labute approximate surface area is 160 Å². The zero-order valence-corrected chi connectivity index (χ0v) is 16.7. The zero-order chi connectivity index (χ0) is 17.6. The molecule has 0 aromatic heterocycles. The summed E-state index contributed by atoms with van der Waals surface area (Å²) in [5.41, 5.74) is 4.15. The fourth-order valence-electron chi connectivity index (χ4n) is 4.63. The summed E-state index contributed by atoms with van der Waals surface area (Å²) in [5.74, 6) is 1.11. The molecule has 4 rings (SSSR count). The molecule has 2 aromatic rings. The molecular formula is C24H31OP. The molecule has 0 radical (unpaired) electrons. The molecule has 0 heterocycles. The number of para-hydroxylation sites is 1. The predicted molar refractivity (Wildman–Crippen MR) is 113 cm³/mol. The standard InChI is InChI=1S/C24H31OP/c1-4-12-20(13-5-1)23-18-10-11-19-24(23)25-26(21-14-6-2-7-15-21)22-16-8-3-9-17-22/h1,4-5,10-13,18-19,21-22H,2-3,6-9,14-17H2. The van der Waals surface area contributed by atoms with Crippen molar-refractivity contribution in [3.05, 3.63) is 54.6 Å².